The number of oxazole rings is 1. The third-order valence-corrected chi connectivity index (χ3v) is 2.72. The number of rotatable bonds is 5. The number of nitrogens with one attached hydrogen (secondary N) is 1. The molecule has 0 aliphatic rings. The van der Waals surface area contributed by atoms with E-state index in [1.54, 1.807) is 0 Å². The second-order valence-electron chi connectivity index (χ2n) is 4.95. The molecule has 0 aromatic carbocycles. The van der Waals surface area contributed by atoms with Gasteiger partial charge in [0.05, 0.1) is 5.69 Å². The molecule has 5 nitrogen and oxygen atoms in total. The molecular formula is C13H20N4O. The summed E-state index contributed by atoms with van der Waals surface area (Å²) < 4.78 is 7.31. The van der Waals surface area contributed by atoms with Gasteiger partial charge in [0.15, 0.2) is 12.2 Å². The van der Waals surface area contributed by atoms with Gasteiger partial charge in [-0.1, -0.05) is 13.8 Å². The van der Waals surface area contributed by atoms with Crippen molar-refractivity contribution >= 4 is 0 Å². The molecule has 98 valence electrons. The molecule has 1 N–H and O–H groups in total. The lowest BCUT2D eigenvalue weighted by molar-refractivity contribution is 0.542. The minimum Gasteiger partial charge on any atom is -0.442 e. The second kappa shape index (κ2) is 5.35. The normalized spacial score (nSPS) is 11.4. The summed E-state index contributed by atoms with van der Waals surface area (Å²) in [6, 6.07) is 2.01. The van der Waals surface area contributed by atoms with Crippen LogP contribution in [-0.4, -0.2) is 21.3 Å². The van der Waals surface area contributed by atoms with E-state index in [4.69, 9.17) is 4.42 Å². The van der Waals surface area contributed by atoms with E-state index in [-0.39, 0.29) is 0 Å². The molecule has 2 aromatic rings. The molecule has 0 fully saturated rings. The summed E-state index contributed by atoms with van der Waals surface area (Å²) in [6.07, 6.45) is 1.49. The van der Waals surface area contributed by atoms with Crippen molar-refractivity contribution in [3.8, 4) is 11.5 Å². The van der Waals surface area contributed by atoms with E-state index in [0.29, 0.717) is 12.5 Å². The van der Waals surface area contributed by atoms with Crippen molar-refractivity contribution in [1.82, 2.24) is 20.1 Å². The summed E-state index contributed by atoms with van der Waals surface area (Å²) in [7, 11) is 1.91. The van der Waals surface area contributed by atoms with E-state index in [2.05, 4.69) is 29.2 Å². The monoisotopic (exact) mass is 248 g/mol. The molecule has 0 unspecified atom stereocenters. The molecular weight excluding hydrogens is 228 g/mol. The van der Waals surface area contributed by atoms with Crippen LogP contribution in [0.2, 0.25) is 0 Å². The van der Waals surface area contributed by atoms with Gasteiger partial charge in [0.25, 0.3) is 0 Å². The lowest BCUT2D eigenvalue weighted by atomic mass is 10.2. The smallest absolute Gasteiger partial charge is 0.181 e. The number of hydrogen-bond acceptors (Lipinski definition) is 4. The third kappa shape index (κ3) is 2.79. The van der Waals surface area contributed by atoms with Crippen LogP contribution in [0.1, 0.15) is 25.2 Å². The summed E-state index contributed by atoms with van der Waals surface area (Å²) in [5.41, 5.74) is 2.87. The Labute approximate surface area is 107 Å². The van der Waals surface area contributed by atoms with Crippen molar-refractivity contribution in [3.05, 3.63) is 23.8 Å². The van der Waals surface area contributed by atoms with Crippen LogP contribution in [-0.2, 0) is 13.6 Å². The Hall–Kier alpha value is -1.62. The first-order valence-electron chi connectivity index (χ1n) is 6.22. The fourth-order valence-electron chi connectivity index (χ4n) is 1.91. The average molecular weight is 248 g/mol. The summed E-state index contributed by atoms with van der Waals surface area (Å²) >= 11 is 0. The molecule has 18 heavy (non-hydrogen) atoms. The SMILES string of the molecule is Cc1cc(-c2ocnc2CNCC(C)C)n(C)n1. The molecule has 0 aliphatic heterocycles. The van der Waals surface area contributed by atoms with Crippen molar-refractivity contribution in [2.24, 2.45) is 13.0 Å². The van der Waals surface area contributed by atoms with Crippen LogP contribution >= 0.6 is 0 Å². The molecule has 2 aromatic heterocycles. The highest BCUT2D eigenvalue weighted by Gasteiger charge is 2.14. The quantitative estimate of drug-likeness (QED) is 0.880. The zero-order valence-corrected chi connectivity index (χ0v) is 11.4. The van der Waals surface area contributed by atoms with Crippen LogP contribution in [0.5, 0.6) is 0 Å². The zero-order valence-electron chi connectivity index (χ0n) is 11.4. The van der Waals surface area contributed by atoms with Crippen LogP contribution in [0.25, 0.3) is 11.5 Å². The maximum Gasteiger partial charge on any atom is 0.181 e. The maximum atomic E-state index is 5.49. The van der Waals surface area contributed by atoms with Gasteiger partial charge in [-0.3, -0.25) is 4.68 Å². The molecule has 0 spiro atoms. The first-order chi connectivity index (χ1) is 8.58. The lowest BCUT2D eigenvalue weighted by Gasteiger charge is -2.06. The summed E-state index contributed by atoms with van der Waals surface area (Å²) in [5.74, 6) is 1.42. The van der Waals surface area contributed by atoms with E-state index in [1.807, 2.05) is 24.7 Å². The molecule has 0 aliphatic carbocycles. The highest BCUT2D eigenvalue weighted by Crippen LogP contribution is 2.23. The standard InChI is InChI=1S/C13H20N4O/c1-9(2)6-14-7-11-13(18-8-15-11)12-5-10(3)16-17(12)4/h5,8-9,14H,6-7H2,1-4H3. The fourth-order valence-corrected chi connectivity index (χ4v) is 1.91. The minimum atomic E-state index is 0.624. The van der Waals surface area contributed by atoms with Gasteiger partial charge in [-0.05, 0) is 25.5 Å². The Bertz CT molecular complexity index is 513. The molecule has 5 heteroatoms. The van der Waals surface area contributed by atoms with Crippen molar-refractivity contribution in [2.45, 2.75) is 27.3 Å². The summed E-state index contributed by atoms with van der Waals surface area (Å²) in [6.45, 7) is 8.02. The van der Waals surface area contributed by atoms with Crippen LogP contribution < -0.4 is 5.32 Å². The first-order valence-corrected chi connectivity index (χ1v) is 6.22. The highest BCUT2D eigenvalue weighted by atomic mass is 16.3. The average Bonchev–Trinajstić information content (AvgIpc) is 2.84. The molecule has 0 atom stereocenters. The van der Waals surface area contributed by atoms with E-state index in [0.717, 1.165) is 29.4 Å². The van der Waals surface area contributed by atoms with Gasteiger partial charge < -0.3 is 9.73 Å². The van der Waals surface area contributed by atoms with Crippen molar-refractivity contribution in [1.29, 1.82) is 0 Å². The third-order valence-electron chi connectivity index (χ3n) is 2.72. The summed E-state index contributed by atoms with van der Waals surface area (Å²) in [5, 5.41) is 7.70. The maximum absolute atomic E-state index is 5.49. The highest BCUT2D eigenvalue weighted by molar-refractivity contribution is 5.55. The van der Waals surface area contributed by atoms with Crippen molar-refractivity contribution in [2.75, 3.05) is 6.54 Å². The van der Waals surface area contributed by atoms with E-state index >= 15 is 0 Å². The van der Waals surface area contributed by atoms with E-state index in [1.165, 1.54) is 6.39 Å². The molecule has 2 heterocycles. The van der Waals surface area contributed by atoms with Gasteiger partial charge in [-0.15, -0.1) is 0 Å². The van der Waals surface area contributed by atoms with Crippen LogP contribution in [0.3, 0.4) is 0 Å². The van der Waals surface area contributed by atoms with Crippen LogP contribution in [0, 0.1) is 12.8 Å². The van der Waals surface area contributed by atoms with Gasteiger partial charge in [-0.25, -0.2) is 4.98 Å². The number of nitrogens with zero attached hydrogens (tertiary/aromatic N) is 3. The summed E-state index contributed by atoms with van der Waals surface area (Å²) in [4.78, 5) is 4.27. The Balaban J connectivity index is 2.15. The predicted octanol–water partition coefficient (Wildman–Crippen LogP) is 2.13. The molecule has 0 saturated heterocycles. The largest absolute Gasteiger partial charge is 0.442 e. The van der Waals surface area contributed by atoms with Crippen molar-refractivity contribution in [3.63, 3.8) is 0 Å². The van der Waals surface area contributed by atoms with Gasteiger partial charge in [0.2, 0.25) is 0 Å². The van der Waals surface area contributed by atoms with Crippen molar-refractivity contribution < 1.29 is 4.42 Å². The first kappa shape index (κ1) is 12.8. The Morgan fingerprint density at radius 3 is 2.83 bits per heavy atom. The number of hydrogen-bond donors (Lipinski definition) is 1. The van der Waals surface area contributed by atoms with Gasteiger partial charge in [-0.2, -0.15) is 5.10 Å². The zero-order chi connectivity index (χ0) is 13.1. The molecule has 0 saturated carbocycles. The van der Waals surface area contributed by atoms with Gasteiger partial charge in [0, 0.05) is 13.6 Å². The van der Waals surface area contributed by atoms with E-state index in [9.17, 15) is 0 Å². The van der Waals surface area contributed by atoms with Crippen LogP contribution in [0.15, 0.2) is 16.9 Å². The van der Waals surface area contributed by atoms with Crippen LogP contribution in [0.4, 0.5) is 0 Å². The van der Waals surface area contributed by atoms with E-state index < -0.39 is 0 Å². The number of aryl methyl sites for hydroxylation is 2. The molecule has 0 amide bonds. The van der Waals surface area contributed by atoms with Gasteiger partial charge in [0.1, 0.15) is 11.4 Å². The Kier molecular flexibility index (Phi) is 3.81. The number of aromatic nitrogens is 3. The second-order valence-corrected chi connectivity index (χ2v) is 4.95. The lowest BCUT2D eigenvalue weighted by Crippen LogP contribution is -2.19. The molecule has 0 bridgehead atoms. The Morgan fingerprint density at radius 2 is 2.22 bits per heavy atom. The fraction of sp³-hybridized carbons (Fsp3) is 0.538. The van der Waals surface area contributed by atoms with Gasteiger partial charge >= 0.3 is 0 Å². The predicted molar refractivity (Wildman–Crippen MR) is 70.0 cm³/mol. The molecule has 2 rings (SSSR count). The Morgan fingerprint density at radius 1 is 1.44 bits per heavy atom. The minimum absolute atomic E-state index is 0.624. The molecule has 0 radical (unpaired) electrons. The topological polar surface area (TPSA) is 55.9 Å².